The zero-order chi connectivity index (χ0) is 82.5. The summed E-state index contributed by atoms with van der Waals surface area (Å²) < 4.78 is 67.2. The van der Waals surface area contributed by atoms with Crippen LogP contribution in [0.25, 0.3) is 11.1 Å². The predicted molar refractivity (Wildman–Crippen MR) is 408 cm³/mol. The van der Waals surface area contributed by atoms with Crippen molar-refractivity contribution < 1.29 is 111 Å². The summed E-state index contributed by atoms with van der Waals surface area (Å²) in [6, 6.07) is 7.67. The molecular formula is C78H89Cl2N11O23S. The molecule has 20 N–H and O–H groups in total. The third kappa shape index (κ3) is 16.3. The Labute approximate surface area is 669 Å². The average molecular weight is 1650 g/mol. The van der Waals surface area contributed by atoms with E-state index in [9.17, 15) is 63.3 Å². The Balaban J connectivity index is 0.988. The molecule has 4 saturated carbocycles. The Morgan fingerprint density at radius 2 is 1.37 bits per heavy atom. The number of nitrogens with two attached hydrogens (primary N) is 2. The molecule has 9 aliphatic rings. The maximum absolute atomic E-state index is 16.2. The van der Waals surface area contributed by atoms with Crippen molar-refractivity contribution >= 4 is 80.5 Å². The summed E-state index contributed by atoms with van der Waals surface area (Å²) in [5.41, 5.74) is 10.8. The van der Waals surface area contributed by atoms with Gasteiger partial charge in [0.2, 0.25) is 59.3 Å². The average Bonchev–Trinajstić information content (AvgIpc) is 0.621. The second kappa shape index (κ2) is 33.6. The molecule has 5 aliphatic heterocycles. The van der Waals surface area contributed by atoms with E-state index in [4.69, 9.17) is 63.1 Å². The number of carbonyl (C=O) groups excluding carboxylic acids is 8. The van der Waals surface area contributed by atoms with Crippen molar-refractivity contribution in [1.82, 2.24) is 47.3 Å². The minimum Gasteiger partial charge on any atom is -0.508 e. The number of ether oxygens (including phenoxy) is 6. The van der Waals surface area contributed by atoms with Gasteiger partial charge in [0.05, 0.1) is 47.0 Å². The first-order valence-electron chi connectivity index (χ1n) is 37.3. The fraction of sp³-hybridized carbons (Fsp3) is 0.436. The quantitative estimate of drug-likeness (QED) is 0.0487. The van der Waals surface area contributed by atoms with Gasteiger partial charge in [-0.2, -0.15) is 0 Å². The highest BCUT2D eigenvalue weighted by atomic mass is 35.5. The van der Waals surface area contributed by atoms with Crippen LogP contribution in [0.5, 0.6) is 51.7 Å². The van der Waals surface area contributed by atoms with Crippen molar-refractivity contribution in [1.29, 1.82) is 0 Å². The smallest absolute Gasteiger partial charge is 0.264 e. The Hall–Kier alpha value is -10.1. The summed E-state index contributed by atoms with van der Waals surface area (Å²) in [6.45, 7) is 3.77. The lowest BCUT2D eigenvalue weighted by molar-refractivity contribution is -0.390. The molecule has 614 valence electrons. The third-order valence-electron chi connectivity index (χ3n) is 22.7. The highest BCUT2D eigenvalue weighted by Gasteiger charge is 2.84. The molecule has 15 rings (SSSR count). The number of aliphatic hydroxyl groups excluding tert-OH is 5. The lowest BCUT2D eigenvalue weighted by atomic mass is 9.17. The number of amides is 8. The molecular weight excluding hydrogens is 1560 g/mol. The van der Waals surface area contributed by atoms with E-state index < -0.39 is 195 Å². The third-order valence-corrected chi connectivity index (χ3v) is 24.7. The van der Waals surface area contributed by atoms with E-state index in [0.29, 0.717) is 18.4 Å². The number of aliphatic hydroxyl groups is 5. The number of benzene rings is 6. The molecule has 5 heterocycles. The van der Waals surface area contributed by atoms with Crippen LogP contribution in [0.1, 0.15) is 111 Å². The van der Waals surface area contributed by atoms with Gasteiger partial charge in [-0.1, -0.05) is 55.2 Å². The number of sulfonamides is 1. The maximum Gasteiger partial charge on any atom is 0.264 e. The van der Waals surface area contributed by atoms with Crippen molar-refractivity contribution in [3.8, 4) is 62.9 Å². The number of phenolic OH excluding ortho intramolecular Hbond substituents is 2. The number of phenols is 2. The van der Waals surface area contributed by atoms with Crippen molar-refractivity contribution in [2.75, 3.05) is 40.9 Å². The zero-order valence-corrected chi connectivity index (χ0v) is 65.0. The van der Waals surface area contributed by atoms with Gasteiger partial charge >= 0.3 is 0 Å². The fourth-order valence-electron chi connectivity index (χ4n) is 17.0. The minimum atomic E-state index is -4.88. The molecule has 1 saturated heterocycles. The first-order valence-corrected chi connectivity index (χ1v) is 39.5. The summed E-state index contributed by atoms with van der Waals surface area (Å²) in [5.74, 6) is -12.1. The van der Waals surface area contributed by atoms with Crippen LogP contribution in [0.15, 0.2) is 108 Å². The van der Waals surface area contributed by atoms with Crippen molar-refractivity contribution in [3.05, 3.63) is 141 Å². The number of primary amides is 1. The molecule has 8 amide bonds. The van der Waals surface area contributed by atoms with Gasteiger partial charge in [0.25, 0.3) is 10.0 Å². The number of carbonyl (C=O) groups is 8. The molecule has 6 aromatic carbocycles. The van der Waals surface area contributed by atoms with Crippen molar-refractivity contribution in [2.45, 2.75) is 142 Å². The normalized spacial score (nSPS) is 28.4. The maximum atomic E-state index is 16.2. The summed E-state index contributed by atoms with van der Waals surface area (Å²) in [6.07, 6.45) is -12.4. The van der Waals surface area contributed by atoms with E-state index in [-0.39, 0.29) is 109 Å². The van der Waals surface area contributed by atoms with Gasteiger partial charge in [0.15, 0.2) is 11.5 Å². The first kappa shape index (κ1) is 82.8. The van der Waals surface area contributed by atoms with Crippen molar-refractivity contribution in [3.63, 3.8) is 0 Å². The van der Waals surface area contributed by atoms with Gasteiger partial charge in [0.1, 0.15) is 102 Å². The van der Waals surface area contributed by atoms with Crippen LogP contribution in [0, 0.1) is 35.0 Å². The lowest BCUT2D eigenvalue weighted by Gasteiger charge is -2.88. The molecule has 34 nitrogen and oxygen atoms in total. The second-order valence-electron chi connectivity index (χ2n) is 30.2. The number of likely N-dealkylation sites (N-methyl/N-ethyl adjacent to an activating group) is 2. The number of halogens is 2. The topological polar surface area (TPSA) is 528 Å². The van der Waals surface area contributed by atoms with Crippen LogP contribution in [0.4, 0.5) is 0 Å². The number of hydrogen-bond acceptors (Lipinski definition) is 26. The van der Waals surface area contributed by atoms with Crippen LogP contribution in [-0.2, 0) is 53.1 Å². The van der Waals surface area contributed by atoms with E-state index in [1.54, 1.807) is 7.05 Å². The molecule has 115 heavy (non-hydrogen) atoms. The zero-order valence-electron chi connectivity index (χ0n) is 62.6. The number of methoxy groups -OCH3 is 1. The van der Waals surface area contributed by atoms with E-state index >= 15 is 19.2 Å². The van der Waals surface area contributed by atoms with E-state index in [0.717, 1.165) is 73.9 Å². The van der Waals surface area contributed by atoms with Crippen LogP contribution in [0.2, 0.25) is 10.0 Å². The Morgan fingerprint density at radius 3 is 1.97 bits per heavy atom. The molecule has 17 unspecified atom stereocenters. The highest BCUT2D eigenvalue weighted by molar-refractivity contribution is 7.90. The van der Waals surface area contributed by atoms with Gasteiger partial charge in [0, 0.05) is 36.3 Å². The summed E-state index contributed by atoms with van der Waals surface area (Å²) >= 11 is 14.2. The predicted octanol–water partition coefficient (Wildman–Crippen LogP) is 2.21. The largest absolute Gasteiger partial charge is 0.508 e. The van der Waals surface area contributed by atoms with Gasteiger partial charge < -0.3 is 118 Å². The first-order chi connectivity index (χ1) is 54.7. The highest BCUT2D eigenvalue weighted by Crippen LogP contribution is 2.87. The van der Waals surface area contributed by atoms with E-state index in [2.05, 4.69) is 42.5 Å². The number of hydrogen-bond donors (Lipinski definition) is 18. The van der Waals surface area contributed by atoms with Gasteiger partial charge in [-0.25, -0.2) is 13.1 Å². The molecule has 5 fully saturated rings. The lowest BCUT2D eigenvalue weighted by Crippen LogP contribution is -2.88. The van der Waals surface area contributed by atoms with Crippen LogP contribution in [0.3, 0.4) is 0 Å². The second-order valence-corrected chi connectivity index (χ2v) is 32.7. The number of nitrogens with one attached hydrogen (secondary N) is 9. The molecule has 17 atom stereocenters. The molecule has 4 aliphatic carbocycles. The number of rotatable bonds is 20. The van der Waals surface area contributed by atoms with Crippen LogP contribution in [-0.4, -0.2) is 187 Å². The van der Waals surface area contributed by atoms with Crippen LogP contribution < -0.4 is 82.4 Å². The van der Waals surface area contributed by atoms with Gasteiger partial charge in [-0.05, 0) is 181 Å². The number of aromatic hydroxyl groups is 2. The molecule has 6 aromatic rings. The minimum absolute atomic E-state index is 0.0282. The molecule has 1 spiro atoms. The molecule has 0 radical (unpaired) electrons. The Kier molecular flexibility index (Phi) is 24.2. The fourth-order valence-corrected chi connectivity index (χ4v) is 18.4. The summed E-state index contributed by atoms with van der Waals surface area (Å²) in [7, 11) is -0.515. The Morgan fingerprint density at radius 1 is 0.713 bits per heavy atom. The molecule has 9 bridgehead atoms. The molecule has 37 heteroatoms. The SMILES string of the molecule is CNCCOc1ccc(S(=O)(=O)NC(=O)CC2NC(=O)C(NC(=O)C(CC(C)C)NC)C(O)c3ccc(c(Cl)c3)Oc3cc4cc(c3OC3OC(CN)C(O)C(O)C3O)Oc3ccc(cc3Cl)C(O)CC(=O)NC(C(=O)NC3C5CC6CC7CC3C675)c3cc(O)cc(OC)c3-c3cc(ccc3O)C(C(N)=O)NC(=O)C4NC2=O)cc1. The van der Waals surface area contributed by atoms with E-state index in [1.165, 1.54) is 62.7 Å². The van der Waals surface area contributed by atoms with Gasteiger partial charge in [-0.3, -0.25) is 38.4 Å². The van der Waals surface area contributed by atoms with Gasteiger partial charge in [-0.15, -0.1) is 0 Å². The summed E-state index contributed by atoms with van der Waals surface area (Å²) in [4.78, 5) is 120. The van der Waals surface area contributed by atoms with Crippen molar-refractivity contribution in [2.24, 2.45) is 46.5 Å². The molecule has 0 aromatic heterocycles. The van der Waals surface area contributed by atoms with Crippen LogP contribution >= 0.6 is 23.2 Å². The summed E-state index contributed by atoms with van der Waals surface area (Å²) in [5, 5.41) is 103. The van der Waals surface area contributed by atoms with E-state index in [1.807, 2.05) is 18.6 Å². The monoisotopic (exact) mass is 1650 g/mol. The standard InChI is InChI=1S/C78H89Cl2N11O23S/c1-32(2)18-48(84-4)72(102)90-65-66(97)35-8-15-53(47(80)21-35)112-56-23-36-22-55(70(56)114-77-69(100)68(99)67(98)57(31-81)113-77)111-52-14-7-33(20-46(52)79)51(94)30-58(95)86-63(75(105)89-64-44-25-37-24-38-26-45(64)78(37,38)44)43-27-39(92)28-54(109-5)60(43)42-19-34(6-13-50(42)93)61(71(82)101)87-74(104)62(36)88-73(103)49(85-76(65)106)29-59(96)91-115(107,108)41-11-9-40(10-12-41)110-17-16-83-3/h6-15,19-23,27-28,32,37-38,44-45,48-49,51,57,61-69,77,83-84,92-94,97-100H,16-18,24-26,29-31,81H2,1-5H3,(H2,82,101)(H,85,106)(H,86,95)(H,87,104)(H,88,103)(H,89,105)(H,90,102)(H,91,96). The Bertz CT molecular complexity index is 4910. The number of fused-ring (bicyclic) bond motifs is 16.